The molecule has 20 heavy (non-hydrogen) atoms. The molecule has 1 heterocycles. The summed E-state index contributed by atoms with van der Waals surface area (Å²) in [5.41, 5.74) is -0.702. The van der Waals surface area contributed by atoms with Crippen molar-refractivity contribution < 1.29 is 29.7 Å². The van der Waals surface area contributed by atoms with Crippen LogP contribution in [0.5, 0.6) is 0 Å². The van der Waals surface area contributed by atoms with Crippen molar-refractivity contribution >= 4 is 17.9 Å². The molecule has 0 saturated carbocycles. The summed E-state index contributed by atoms with van der Waals surface area (Å²) in [4.78, 5) is 38.6. The number of nitrogens with zero attached hydrogens (tertiary/aromatic N) is 1. The van der Waals surface area contributed by atoms with Crippen molar-refractivity contribution in [1.29, 1.82) is 0 Å². The van der Waals surface area contributed by atoms with Crippen LogP contribution in [0, 0.1) is 0 Å². The molecule has 0 radical (unpaired) electrons. The molecule has 1 aromatic carbocycles. The molecule has 0 aliphatic heterocycles. The standard InChI is InChI=1S/C12H8N2O6/c15-10(16)6-3-1-5(2-4-6)9-13-7(11(17)18)8(14-9)12(19)20/h1-4H,(H,13,14)(H,15,16)(H,17,18)(H,19,20). The third-order valence-corrected chi connectivity index (χ3v) is 2.53. The molecule has 0 fully saturated rings. The van der Waals surface area contributed by atoms with Crippen molar-refractivity contribution in [3.8, 4) is 11.4 Å². The Balaban J connectivity index is 2.47. The Kier molecular flexibility index (Phi) is 3.21. The van der Waals surface area contributed by atoms with Crippen LogP contribution in [0.1, 0.15) is 31.3 Å². The summed E-state index contributed by atoms with van der Waals surface area (Å²) in [6.07, 6.45) is 0. The van der Waals surface area contributed by atoms with Crippen LogP contribution in [0.15, 0.2) is 24.3 Å². The van der Waals surface area contributed by atoms with Crippen LogP contribution in [0.25, 0.3) is 11.4 Å². The highest BCUT2D eigenvalue weighted by atomic mass is 16.4. The third-order valence-electron chi connectivity index (χ3n) is 2.53. The van der Waals surface area contributed by atoms with Crippen LogP contribution < -0.4 is 0 Å². The van der Waals surface area contributed by atoms with E-state index in [1.165, 1.54) is 24.3 Å². The van der Waals surface area contributed by atoms with Gasteiger partial charge in [-0.2, -0.15) is 0 Å². The van der Waals surface area contributed by atoms with Crippen LogP contribution in [0.4, 0.5) is 0 Å². The monoisotopic (exact) mass is 276 g/mol. The van der Waals surface area contributed by atoms with Crippen molar-refractivity contribution in [2.75, 3.05) is 0 Å². The van der Waals surface area contributed by atoms with E-state index in [9.17, 15) is 14.4 Å². The number of rotatable bonds is 4. The number of hydrogen-bond donors (Lipinski definition) is 4. The molecule has 2 rings (SSSR count). The van der Waals surface area contributed by atoms with E-state index in [-0.39, 0.29) is 11.4 Å². The first-order valence-electron chi connectivity index (χ1n) is 5.30. The number of aromatic amines is 1. The smallest absolute Gasteiger partial charge is 0.357 e. The van der Waals surface area contributed by atoms with Gasteiger partial charge in [0, 0.05) is 5.56 Å². The number of aromatic nitrogens is 2. The first-order chi connectivity index (χ1) is 9.40. The molecule has 8 nitrogen and oxygen atoms in total. The molecule has 0 bridgehead atoms. The highest BCUT2D eigenvalue weighted by molar-refractivity contribution is 5.99. The molecule has 8 heteroatoms. The molecular weight excluding hydrogens is 268 g/mol. The lowest BCUT2D eigenvalue weighted by Crippen LogP contribution is -2.07. The highest BCUT2D eigenvalue weighted by Crippen LogP contribution is 2.19. The van der Waals surface area contributed by atoms with E-state index in [2.05, 4.69) is 9.97 Å². The Morgan fingerprint density at radius 3 is 1.90 bits per heavy atom. The maximum Gasteiger partial charge on any atom is 0.357 e. The Morgan fingerprint density at radius 2 is 1.50 bits per heavy atom. The fourth-order valence-electron chi connectivity index (χ4n) is 1.59. The van der Waals surface area contributed by atoms with Gasteiger partial charge in [-0.1, -0.05) is 12.1 Å². The lowest BCUT2D eigenvalue weighted by molar-refractivity contribution is 0.0644. The lowest BCUT2D eigenvalue weighted by atomic mass is 10.1. The van der Waals surface area contributed by atoms with Gasteiger partial charge in [-0.15, -0.1) is 0 Å². The molecule has 102 valence electrons. The second-order valence-electron chi connectivity index (χ2n) is 3.80. The van der Waals surface area contributed by atoms with Crippen LogP contribution >= 0.6 is 0 Å². The van der Waals surface area contributed by atoms with Gasteiger partial charge >= 0.3 is 17.9 Å². The second-order valence-corrected chi connectivity index (χ2v) is 3.80. The fourth-order valence-corrected chi connectivity index (χ4v) is 1.59. The largest absolute Gasteiger partial charge is 0.478 e. The molecule has 0 amide bonds. The number of carboxylic acid groups (broad SMARTS) is 3. The maximum atomic E-state index is 10.9. The van der Waals surface area contributed by atoms with Gasteiger partial charge in [0.1, 0.15) is 5.82 Å². The van der Waals surface area contributed by atoms with Crippen molar-refractivity contribution in [3.63, 3.8) is 0 Å². The number of hydrogen-bond acceptors (Lipinski definition) is 4. The van der Waals surface area contributed by atoms with Crippen LogP contribution in [0.3, 0.4) is 0 Å². The Hall–Kier alpha value is -3.16. The average Bonchev–Trinajstić information content (AvgIpc) is 2.84. The summed E-state index contributed by atoms with van der Waals surface area (Å²) in [5, 5.41) is 26.5. The predicted molar refractivity (Wildman–Crippen MR) is 64.9 cm³/mol. The summed E-state index contributed by atoms with van der Waals surface area (Å²) in [7, 11) is 0. The zero-order chi connectivity index (χ0) is 14.9. The SMILES string of the molecule is O=C(O)c1ccc(-c2nc(C(=O)O)c(C(=O)O)[nH]2)cc1. The maximum absolute atomic E-state index is 10.9. The van der Waals surface area contributed by atoms with Gasteiger partial charge in [0.05, 0.1) is 5.56 Å². The van der Waals surface area contributed by atoms with E-state index in [1.807, 2.05) is 0 Å². The summed E-state index contributed by atoms with van der Waals surface area (Å²) >= 11 is 0. The molecule has 0 saturated heterocycles. The Morgan fingerprint density at radius 1 is 0.900 bits per heavy atom. The van der Waals surface area contributed by atoms with Gasteiger partial charge in [0.2, 0.25) is 0 Å². The molecule has 1 aromatic heterocycles. The Bertz CT molecular complexity index is 670. The Labute approximate surface area is 111 Å². The minimum atomic E-state index is -1.47. The first kappa shape index (κ1) is 13.3. The van der Waals surface area contributed by atoms with E-state index >= 15 is 0 Å². The van der Waals surface area contributed by atoms with E-state index < -0.39 is 29.3 Å². The highest BCUT2D eigenvalue weighted by Gasteiger charge is 2.22. The minimum absolute atomic E-state index is 0.0386. The molecule has 4 N–H and O–H groups in total. The quantitative estimate of drug-likeness (QED) is 0.656. The van der Waals surface area contributed by atoms with E-state index in [1.54, 1.807) is 0 Å². The number of carboxylic acids is 3. The number of carbonyl (C=O) groups is 3. The van der Waals surface area contributed by atoms with Crippen molar-refractivity contribution in [2.24, 2.45) is 0 Å². The normalized spacial score (nSPS) is 10.2. The number of imidazole rings is 1. The molecule has 0 atom stereocenters. The second kappa shape index (κ2) is 4.84. The van der Waals surface area contributed by atoms with Crippen LogP contribution in [0.2, 0.25) is 0 Å². The van der Waals surface area contributed by atoms with Gasteiger partial charge in [0.15, 0.2) is 11.4 Å². The van der Waals surface area contributed by atoms with Gasteiger partial charge in [-0.05, 0) is 12.1 Å². The summed E-state index contributed by atoms with van der Waals surface area (Å²) in [6.45, 7) is 0. The van der Waals surface area contributed by atoms with E-state index in [0.29, 0.717) is 5.56 Å². The number of benzene rings is 1. The summed E-state index contributed by atoms with van der Waals surface area (Å²) in [6, 6.07) is 5.42. The number of aromatic carboxylic acids is 3. The molecule has 2 aromatic rings. The minimum Gasteiger partial charge on any atom is -0.478 e. The first-order valence-corrected chi connectivity index (χ1v) is 5.30. The van der Waals surface area contributed by atoms with Gasteiger partial charge in [-0.3, -0.25) is 0 Å². The van der Waals surface area contributed by atoms with Gasteiger partial charge in [-0.25, -0.2) is 19.4 Å². The molecule has 0 aliphatic rings. The zero-order valence-corrected chi connectivity index (χ0v) is 9.82. The zero-order valence-electron chi connectivity index (χ0n) is 9.82. The van der Waals surface area contributed by atoms with Gasteiger partial charge in [0.25, 0.3) is 0 Å². The lowest BCUT2D eigenvalue weighted by Gasteiger charge is -1.97. The van der Waals surface area contributed by atoms with Gasteiger partial charge < -0.3 is 20.3 Å². The van der Waals surface area contributed by atoms with E-state index in [4.69, 9.17) is 15.3 Å². The van der Waals surface area contributed by atoms with Crippen LogP contribution in [-0.4, -0.2) is 43.2 Å². The average molecular weight is 276 g/mol. The topological polar surface area (TPSA) is 141 Å². The van der Waals surface area contributed by atoms with E-state index in [0.717, 1.165) is 0 Å². The van der Waals surface area contributed by atoms with Crippen molar-refractivity contribution in [3.05, 3.63) is 41.2 Å². The molecule has 0 unspecified atom stereocenters. The van der Waals surface area contributed by atoms with Crippen molar-refractivity contribution in [1.82, 2.24) is 9.97 Å². The molecule has 0 aliphatic carbocycles. The third kappa shape index (κ3) is 2.34. The predicted octanol–water partition coefficient (Wildman–Crippen LogP) is 1.17. The summed E-state index contributed by atoms with van der Waals surface area (Å²) < 4.78 is 0. The number of H-pyrrole nitrogens is 1. The molecular formula is C12H8N2O6. The van der Waals surface area contributed by atoms with Crippen LogP contribution in [-0.2, 0) is 0 Å². The fraction of sp³-hybridized carbons (Fsp3) is 0. The van der Waals surface area contributed by atoms with Crippen molar-refractivity contribution in [2.45, 2.75) is 0 Å². The molecule has 0 spiro atoms. The number of nitrogens with one attached hydrogen (secondary N) is 1. The summed E-state index contributed by atoms with van der Waals surface area (Å²) in [5.74, 6) is -3.97.